The maximum Gasteiger partial charge on any atom is 0.262 e. The maximum absolute atomic E-state index is 13.7. The molecule has 1 unspecified atom stereocenters. The topological polar surface area (TPSA) is 77.1 Å². The smallest absolute Gasteiger partial charge is 0.262 e. The molecule has 1 fully saturated rings. The van der Waals surface area contributed by atoms with Gasteiger partial charge in [0.2, 0.25) is 0 Å². The fourth-order valence-electron chi connectivity index (χ4n) is 5.39. The lowest BCUT2D eigenvalue weighted by Crippen LogP contribution is -2.40. The van der Waals surface area contributed by atoms with Crippen molar-refractivity contribution < 1.29 is 32.6 Å². The van der Waals surface area contributed by atoms with Crippen LogP contribution in [0.2, 0.25) is 0 Å². The number of nitrogens with one attached hydrogen (secondary N) is 1. The van der Waals surface area contributed by atoms with E-state index >= 15 is 0 Å². The molecule has 3 aromatic carbocycles. The fourth-order valence-corrected chi connectivity index (χ4v) is 5.39. The van der Waals surface area contributed by atoms with Crippen LogP contribution in [-0.4, -0.2) is 62.9 Å². The molecule has 0 saturated carbocycles. The van der Waals surface area contributed by atoms with Crippen molar-refractivity contribution in [1.29, 1.82) is 0 Å². The number of benzene rings is 3. The number of nitrogens with zero attached hydrogens (tertiary/aromatic N) is 1. The van der Waals surface area contributed by atoms with E-state index in [-0.39, 0.29) is 42.7 Å². The first-order chi connectivity index (χ1) is 19.5. The van der Waals surface area contributed by atoms with Crippen molar-refractivity contribution in [2.24, 2.45) is 5.92 Å². The molecule has 2 aliphatic rings. The standard InChI is InChI=1S/C31H32F2N2O5/c32-13-16-38-17-18-39-26-8-3-22(4-9-26)30(21-1-6-25(33)7-2-21)23-11-14-35(15-12-23)31(37)24-5-10-28-27(19-24)34-29(36)20-40-28/h1-10,19,23,30H,11-18,20H2,(H,34,36). The number of piperidine rings is 1. The van der Waals surface area contributed by atoms with Crippen molar-refractivity contribution in [1.82, 2.24) is 4.90 Å². The van der Waals surface area contributed by atoms with Crippen LogP contribution in [0.15, 0.2) is 66.7 Å². The Morgan fingerprint density at radius 3 is 2.38 bits per heavy atom. The minimum absolute atomic E-state index is 0.0240. The van der Waals surface area contributed by atoms with Crippen molar-refractivity contribution in [3.05, 3.63) is 89.2 Å². The molecule has 2 aliphatic heterocycles. The van der Waals surface area contributed by atoms with E-state index in [2.05, 4.69) is 5.32 Å². The van der Waals surface area contributed by atoms with Gasteiger partial charge in [0, 0.05) is 24.6 Å². The molecule has 1 N–H and O–H groups in total. The van der Waals surface area contributed by atoms with E-state index < -0.39 is 6.67 Å². The predicted octanol–water partition coefficient (Wildman–Crippen LogP) is 5.21. The normalized spacial score (nSPS) is 16.1. The number of ether oxygens (including phenoxy) is 3. The second-order valence-corrected chi connectivity index (χ2v) is 9.93. The highest BCUT2D eigenvalue weighted by Crippen LogP contribution is 2.39. The lowest BCUT2D eigenvalue weighted by Gasteiger charge is -2.37. The Morgan fingerprint density at radius 1 is 0.975 bits per heavy atom. The molecule has 0 radical (unpaired) electrons. The number of carbonyl (C=O) groups is 2. The molecule has 5 rings (SSSR count). The molecule has 2 amide bonds. The maximum atomic E-state index is 13.7. The summed E-state index contributed by atoms with van der Waals surface area (Å²) < 4.78 is 42.1. The van der Waals surface area contributed by atoms with Gasteiger partial charge in [-0.2, -0.15) is 0 Å². The van der Waals surface area contributed by atoms with Gasteiger partial charge in [0.15, 0.2) is 6.61 Å². The molecule has 40 heavy (non-hydrogen) atoms. The average Bonchev–Trinajstić information content (AvgIpc) is 2.98. The van der Waals surface area contributed by atoms with E-state index in [1.165, 1.54) is 12.1 Å². The number of anilines is 1. The van der Waals surface area contributed by atoms with E-state index in [1.54, 1.807) is 18.2 Å². The lowest BCUT2D eigenvalue weighted by atomic mass is 9.76. The zero-order valence-corrected chi connectivity index (χ0v) is 22.1. The summed E-state index contributed by atoms with van der Waals surface area (Å²) in [6, 6.07) is 19.6. The molecule has 1 saturated heterocycles. The zero-order valence-electron chi connectivity index (χ0n) is 22.1. The molecule has 3 aromatic rings. The third-order valence-electron chi connectivity index (χ3n) is 7.34. The SMILES string of the molecule is O=C1COc2ccc(C(=O)N3CCC(C(c4ccc(F)cc4)c4ccc(OCCOCCF)cc4)CC3)cc2N1. The summed E-state index contributed by atoms with van der Waals surface area (Å²) in [5.74, 6) is 0.898. The first-order valence-corrected chi connectivity index (χ1v) is 13.5. The Bertz CT molecular complexity index is 1310. The Balaban J connectivity index is 1.26. The van der Waals surface area contributed by atoms with Gasteiger partial charge in [-0.3, -0.25) is 9.59 Å². The van der Waals surface area contributed by atoms with Gasteiger partial charge in [-0.25, -0.2) is 8.78 Å². The van der Waals surface area contributed by atoms with E-state index in [9.17, 15) is 18.4 Å². The zero-order chi connectivity index (χ0) is 27.9. The van der Waals surface area contributed by atoms with E-state index in [0.29, 0.717) is 49.1 Å². The van der Waals surface area contributed by atoms with Gasteiger partial charge in [0.05, 0.1) is 18.9 Å². The number of fused-ring (bicyclic) bond motifs is 1. The van der Waals surface area contributed by atoms with Gasteiger partial charge < -0.3 is 24.4 Å². The quantitative estimate of drug-likeness (QED) is 0.351. The van der Waals surface area contributed by atoms with Crippen LogP contribution in [0.3, 0.4) is 0 Å². The molecular formula is C31H32F2N2O5. The molecular weight excluding hydrogens is 518 g/mol. The van der Waals surface area contributed by atoms with Crippen LogP contribution in [0.25, 0.3) is 0 Å². The van der Waals surface area contributed by atoms with Crippen LogP contribution in [-0.2, 0) is 9.53 Å². The van der Waals surface area contributed by atoms with Gasteiger partial charge in [0.1, 0.15) is 30.6 Å². The van der Waals surface area contributed by atoms with E-state index in [1.807, 2.05) is 41.3 Å². The van der Waals surface area contributed by atoms with Crippen LogP contribution in [0.1, 0.15) is 40.2 Å². The van der Waals surface area contributed by atoms with Crippen molar-refractivity contribution in [3.8, 4) is 11.5 Å². The van der Waals surface area contributed by atoms with Gasteiger partial charge in [-0.05, 0) is 72.4 Å². The average molecular weight is 551 g/mol. The third kappa shape index (κ3) is 6.59. The van der Waals surface area contributed by atoms with Crippen LogP contribution in [0.4, 0.5) is 14.5 Å². The second-order valence-electron chi connectivity index (χ2n) is 9.93. The highest BCUT2D eigenvalue weighted by Gasteiger charge is 2.31. The van der Waals surface area contributed by atoms with Crippen molar-refractivity contribution in [2.75, 3.05) is 51.5 Å². The minimum atomic E-state index is -0.518. The number of hydrogen-bond acceptors (Lipinski definition) is 5. The summed E-state index contributed by atoms with van der Waals surface area (Å²) in [5.41, 5.74) is 3.12. The first-order valence-electron chi connectivity index (χ1n) is 13.5. The van der Waals surface area contributed by atoms with Crippen LogP contribution in [0, 0.1) is 11.7 Å². The molecule has 2 heterocycles. The van der Waals surface area contributed by atoms with Crippen molar-refractivity contribution >= 4 is 17.5 Å². The van der Waals surface area contributed by atoms with Gasteiger partial charge in [-0.15, -0.1) is 0 Å². The number of rotatable bonds is 10. The van der Waals surface area contributed by atoms with Crippen LogP contribution >= 0.6 is 0 Å². The largest absolute Gasteiger partial charge is 0.491 e. The Labute approximate surface area is 232 Å². The third-order valence-corrected chi connectivity index (χ3v) is 7.34. The van der Waals surface area contributed by atoms with Crippen molar-refractivity contribution in [3.63, 3.8) is 0 Å². The molecule has 0 aromatic heterocycles. The molecule has 9 heteroatoms. The first kappa shape index (κ1) is 27.6. The van der Waals surface area contributed by atoms with Gasteiger partial charge in [0.25, 0.3) is 11.8 Å². The minimum Gasteiger partial charge on any atom is -0.491 e. The molecule has 1 atom stereocenters. The Morgan fingerprint density at radius 2 is 1.68 bits per heavy atom. The second kappa shape index (κ2) is 12.9. The molecule has 210 valence electrons. The molecule has 0 spiro atoms. The molecule has 0 aliphatic carbocycles. The number of alkyl halides is 1. The summed E-state index contributed by atoms with van der Waals surface area (Å²) in [5, 5.41) is 2.75. The Hall–Kier alpha value is -3.98. The van der Waals surface area contributed by atoms with Gasteiger partial charge in [-0.1, -0.05) is 24.3 Å². The number of halogens is 2. The molecule has 0 bridgehead atoms. The summed E-state index contributed by atoms with van der Waals surface area (Å²) in [4.78, 5) is 26.8. The van der Waals surface area contributed by atoms with Crippen LogP contribution < -0.4 is 14.8 Å². The monoisotopic (exact) mass is 550 g/mol. The summed E-state index contributed by atoms with van der Waals surface area (Å²) in [7, 11) is 0. The summed E-state index contributed by atoms with van der Waals surface area (Å²) in [6.07, 6.45) is 1.56. The number of carbonyl (C=O) groups excluding carboxylic acids is 2. The molecule has 7 nitrogen and oxygen atoms in total. The number of likely N-dealkylation sites (tertiary alicyclic amines) is 1. The van der Waals surface area contributed by atoms with E-state index in [4.69, 9.17) is 14.2 Å². The van der Waals surface area contributed by atoms with E-state index in [0.717, 1.165) is 24.0 Å². The number of hydrogen-bond donors (Lipinski definition) is 1. The summed E-state index contributed by atoms with van der Waals surface area (Å²) >= 11 is 0. The van der Waals surface area contributed by atoms with Gasteiger partial charge >= 0.3 is 0 Å². The summed E-state index contributed by atoms with van der Waals surface area (Å²) in [6.45, 7) is 1.33. The number of amides is 2. The highest BCUT2D eigenvalue weighted by atomic mass is 19.1. The van der Waals surface area contributed by atoms with Crippen LogP contribution in [0.5, 0.6) is 11.5 Å². The predicted molar refractivity (Wildman–Crippen MR) is 146 cm³/mol. The lowest BCUT2D eigenvalue weighted by molar-refractivity contribution is -0.118. The van der Waals surface area contributed by atoms with Crippen molar-refractivity contribution in [2.45, 2.75) is 18.8 Å². The Kier molecular flexibility index (Phi) is 8.91. The highest BCUT2D eigenvalue weighted by molar-refractivity contribution is 5.99. The fraction of sp³-hybridized carbons (Fsp3) is 0.355.